The maximum atomic E-state index is 11.7. The summed E-state index contributed by atoms with van der Waals surface area (Å²) in [5, 5.41) is -0.282. The number of thioether (sulfide) groups is 1. The molecule has 0 saturated carbocycles. The summed E-state index contributed by atoms with van der Waals surface area (Å²) in [6.45, 7) is 1.27. The Labute approximate surface area is 125 Å². The fourth-order valence-corrected chi connectivity index (χ4v) is 3.93. The number of nitrogens with one attached hydrogen (secondary N) is 1. The van der Waals surface area contributed by atoms with E-state index in [1.54, 1.807) is 18.1 Å². The first kappa shape index (κ1) is 14.1. The summed E-state index contributed by atoms with van der Waals surface area (Å²) in [6.07, 6.45) is 3.75. The minimum Gasteiger partial charge on any atom is -0.369 e. The minimum absolute atomic E-state index is 0.0624. The van der Waals surface area contributed by atoms with Crippen LogP contribution in [0.1, 0.15) is 6.42 Å². The van der Waals surface area contributed by atoms with Gasteiger partial charge in [-0.2, -0.15) is 0 Å². The van der Waals surface area contributed by atoms with Gasteiger partial charge in [-0.3, -0.25) is 4.79 Å². The molecule has 0 aliphatic carbocycles. The lowest BCUT2D eigenvalue weighted by atomic mass is 10.1. The lowest BCUT2D eigenvalue weighted by molar-refractivity contribution is -0.117. The molecule has 1 amide bonds. The van der Waals surface area contributed by atoms with Crippen molar-refractivity contribution in [2.24, 2.45) is 11.5 Å². The zero-order valence-corrected chi connectivity index (χ0v) is 12.2. The summed E-state index contributed by atoms with van der Waals surface area (Å²) in [5.74, 6) is 1.26. The van der Waals surface area contributed by atoms with Crippen LogP contribution in [-0.2, 0) is 4.79 Å². The van der Waals surface area contributed by atoms with Crippen LogP contribution in [0.2, 0.25) is 0 Å². The maximum Gasteiger partial charge on any atom is 0.232 e. The molecule has 8 nitrogen and oxygen atoms in total. The van der Waals surface area contributed by atoms with Crippen molar-refractivity contribution in [2.45, 2.75) is 17.7 Å². The largest absolute Gasteiger partial charge is 0.369 e. The van der Waals surface area contributed by atoms with Gasteiger partial charge in [0, 0.05) is 12.3 Å². The molecule has 0 aromatic carbocycles. The normalized spacial score (nSPS) is 22.6. The van der Waals surface area contributed by atoms with Crippen LogP contribution >= 0.6 is 11.8 Å². The third-order valence-electron chi connectivity index (χ3n) is 3.60. The Balaban J connectivity index is 2.01. The minimum atomic E-state index is -0.307. The number of nitrogens with zero attached hydrogens (tertiary/aromatic N) is 4. The van der Waals surface area contributed by atoms with Gasteiger partial charge in [0.05, 0.1) is 12.4 Å². The Bertz CT molecular complexity index is 645. The molecule has 0 spiro atoms. The molecule has 1 saturated heterocycles. The van der Waals surface area contributed by atoms with Gasteiger partial charge in [0.25, 0.3) is 0 Å². The van der Waals surface area contributed by atoms with E-state index in [9.17, 15) is 4.79 Å². The highest BCUT2D eigenvalue weighted by atomic mass is 32.2. The SMILES string of the molecule is NCCC1C(C(N)=O)SCCN1c1ncnc2nc[nH]c12. The highest BCUT2D eigenvalue weighted by Gasteiger charge is 2.36. The van der Waals surface area contributed by atoms with Crippen molar-refractivity contribution in [3.63, 3.8) is 0 Å². The van der Waals surface area contributed by atoms with Crippen molar-refractivity contribution in [2.75, 3.05) is 23.7 Å². The number of fused-ring (bicyclic) bond motifs is 1. The van der Waals surface area contributed by atoms with E-state index in [1.807, 2.05) is 0 Å². The Kier molecular flexibility index (Phi) is 3.93. The van der Waals surface area contributed by atoms with E-state index in [2.05, 4.69) is 24.8 Å². The first-order chi connectivity index (χ1) is 10.2. The average molecular weight is 307 g/mol. The van der Waals surface area contributed by atoms with Crippen LogP contribution in [0.25, 0.3) is 11.2 Å². The van der Waals surface area contributed by atoms with Gasteiger partial charge in [-0.25, -0.2) is 15.0 Å². The summed E-state index contributed by atoms with van der Waals surface area (Å²) in [5.41, 5.74) is 12.6. The van der Waals surface area contributed by atoms with Crippen molar-refractivity contribution in [3.8, 4) is 0 Å². The molecule has 2 aromatic rings. The van der Waals surface area contributed by atoms with Crippen LogP contribution in [-0.4, -0.2) is 56.0 Å². The van der Waals surface area contributed by atoms with Crippen molar-refractivity contribution in [1.82, 2.24) is 19.9 Å². The number of primary amides is 1. The third-order valence-corrected chi connectivity index (χ3v) is 4.92. The van der Waals surface area contributed by atoms with E-state index in [0.29, 0.717) is 18.6 Å². The van der Waals surface area contributed by atoms with Gasteiger partial charge in [-0.1, -0.05) is 0 Å². The molecule has 3 heterocycles. The molecular formula is C12H17N7OS. The van der Waals surface area contributed by atoms with Gasteiger partial charge < -0.3 is 21.4 Å². The molecule has 5 N–H and O–H groups in total. The lowest BCUT2D eigenvalue weighted by Crippen LogP contribution is -2.53. The molecular weight excluding hydrogens is 290 g/mol. The van der Waals surface area contributed by atoms with Gasteiger partial charge in [-0.15, -0.1) is 11.8 Å². The molecule has 3 rings (SSSR count). The number of nitrogens with two attached hydrogens (primary N) is 2. The molecule has 112 valence electrons. The first-order valence-corrected chi connectivity index (χ1v) is 7.79. The number of anilines is 1. The van der Waals surface area contributed by atoms with E-state index in [1.165, 1.54) is 6.33 Å². The highest BCUT2D eigenvalue weighted by Crippen LogP contribution is 2.32. The van der Waals surface area contributed by atoms with Gasteiger partial charge in [-0.05, 0) is 13.0 Å². The molecule has 2 unspecified atom stereocenters. The number of hydrogen-bond acceptors (Lipinski definition) is 7. The molecule has 2 atom stereocenters. The van der Waals surface area contributed by atoms with Crippen LogP contribution in [0.3, 0.4) is 0 Å². The fraction of sp³-hybridized carbons (Fsp3) is 0.500. The van der Waals surface area contributed by atoms with E-state index >= 15 is 0 Å². The van der Waals surface area contributed by atoms with E-state index in [4.69, 9.17) is 11.5 Å². The lowest BCUT2D eigenvalue weighted by Gasteiger charge is -2.40. The molecule has 0 bridgehead atoms. The Hall–Kier alpha value is -1.87. The Morgan fingerprint density at radius 2 is 2.33 bits per heavy atom. The summed E-state index contributed by atoms with van der Waals surface area (Å²) >= 11 is 1.58. The maximum absolute atomic E-state index is 11.7. The van der Waals surface area contributed by atoms with E-state index in [0.717, 1.165) is 23.6 Å². The monoisotopic (exact) mass is 307 g/mol. The third kappa shape index (κ3) is 2.54. The van der Waals surface area contributed by atoms with E-state index < -0.39 is 0 Å². The zero-order valence-electron chi connectivity index (χ0n) is 11.4. The Morgan fingerprint density at radius 1 is 1.48 bits per heavy atom. The van der Waals surface area contributed by atoms with Crippen molar-refractivity contribution in [1.29, 1.82) is 0 Å². The molecule has 21 heavy (non-hydrogen) atoms. The molecule has 9 heteroatoms. The molecule has 1 fully saturated rings. The number of aromatic amines is 1. The number of rotatable bonds is 4. The zero-order chi connectivity index (χ0) is 14.8. The average Bonchev–Trinajstić information content (AvgIpc) is 2.96. The van der Waals surface area contributed by atoms with Crippen molar-refractivity contribution in [3.05, 3.63) is 12.7 Å². The van der Waals surface area contributed by atoms with Gasteiger partial charge in [0.15, 0.2) is 11.5 Å². The second kappa shape index (κ2) is 5.86. The van der Waals surface area contributed by atoms with Crippen LogP contribution in [0.15, 0.2) is 12.7 Å². The second-order valence-electron chi connectivity index (χ2n) is 4.83. The van der Waals surface area contributed by atoms with Crippen LogP contribution in [0.4, 0.5) is 5.82 Å². The van der Waals surface area contributed by atoms with Crippen LogP contribution in [0.5, 0.6) is 0 Å². The number of aromatic nitrogens is 4. The number of imidazole rings is 1. The predicted molar refractivity (Wildman–Crippen MR) is 81.9 cm³/mol. The molecule has 1 aliphatic rings. The standard InChI is InChI=1S/C12H17N7OS/c13-2-1-7-9(10(14)20)21-4-3-19(7)12-8-11(16-5-15-8)17-6-18-12/h5-7,9H,1-4,13H2,(H2,14,20)(H,15,16,17,18). The van der Waals surface area contributed by atoms with Gasteiger partial charge >= 0.3 is 0 Å². The highest BCUT2D eigenvalue weighted by molar-refractivity contribution is 8.00. The number of carbonyl (C=O) groups excluding carboxylic acids is 1. The topological polar surface area (TPSA) is 127 Å². The quantitative estimate of drug-likeness (QED) is 0.693. The van der Waals surface area contributed by atoms with Gasteiger partial charge in [0.2, 0.25) is 5.91 Å². The number of hydrogen-bond donors (Lipinski definition) is 3. The molecule has 1 aliphatic heterocycles. The smallest absolute Gasteiger partial charge is 0.232 e. The number of carbonyl (C=O) groups is 1. The first-order valence-electron chi connectivity index (χ1n) is 6.74. The van der Waals surface area contributed by atoms with Crippen LogP contribution < -0.4 is 16.4 Å². The number of amides is 1. The summed E-state index contributed by atoms with van der Waals surface area (Å²) in [6, 6.07) is -0.0624. The summed E-state index contributed by atoms with van der Waals surface area (Å²) in [7, 11) is 0. The van der Waals surface area contributed by atoms with Crippen LogP contribution in [0, 0.1) is 0 Å². The fourth-order valence-electron chi connectivity index (χ4n) is 2.70. The van der Waals surface area contributed by atoms with Crippen molar-refractivity contribution >= 4 is 34.7 Å². The summed E-state index contributed by atoms with van der Waals surface area (Å²) in [4.78, 5) is 29.5. The van der Waals surface area contributed by atoms with Gasteiger partial charge in [0.1, 0.15) is 17.1 Å². The van der Waals surface area contributed by atoms with Crippen molar-refractivity contribution < 1.29 is 4.79 Å². The predicted octanol–water partition coefficient (Wildman–Crippen LogP) is -0.523. The van der Waals surface area contributed by atoms with E-state index in [-0.39, 0.29) is 17.2 Å². The summed E-state index contributed by atoms with van der Waals surface area (Å²) < 4.78 is 0. The molecule has 2 aromatic heterocycles. The molecule has 0 radical (unpaired) electrons. The second-order valence-corrected chi connectivity index (χ2v) is 6.08. The number of H-pyrrole nitrogens is 1. The Morgan fingerprint density at radius 3 is 3.10 bits per heavy atom.